The fourth-order valence-electron chi connectivity index (χ4n) is 2.68. The van der Waals surface area contributed by atoms with E-state index in [0.29, 0.717) is 30.4 Å². The monoisotopic (exact) mass is 391 g/mol. The van der Waals surface area contributed by atoms with Crippen molar-refractivity contribution in [2.45, 2.75) is 43.6 Å². The first-order valence-corrected chi connectivity index (χ1v) is 8.37. The van der Waals surface area contributed by atoms with E-state index in [1.165, 1.54) is 12.1 Å². The summed E-state index contributed by atoms with van der Waals surface area (Å²) >= 11 is 3.33. The van der Waals surface area contributed by atoms with Crippen molar-refractivity contribution in [2.24, 2.45) is 0 Å². The molecule has 1 unspecified atom stereocenters. The molecule has 0 radical (unpaired) electrons. The van der Waals surface area contributed by atoms with Crippen LogP contribution in [0.5, 0.6) is 0 Å². The van der Waals surface area contributed by atoms with Gasteiger partial charge in [0.2, 0.25) is 0 Å². The van der Waals surface area contributed by atoms with Crippen molar-refractivity contribution in [3.63, 3.8) is 0 Å². The van der Waals surface area contributed by atoms with Crippen molar-refractivity contribution in [3.8, 4) is 0 Å². The molecule has 1 atom stereocenters. The molecule has 1 amide bonds. The van der Waals surface area contributed by atoms with Gasteiger partial charge in [-0.2, -0.15) is 13.2 Å². The molecule has 1 heterocycles. The van der Waals surface area contributed by atoms with E-state index >= 15 is 0 Å². The van der Waals surface area contributed by atoms with Crippen molar-refractivity contribution >= 4 is 33.3 Å². The number of aryl methyl sites for hydroxylation is 1. The number of benzene rings is 1. The Balaban J connectivity index is 2.30. The predicted molar refractivity (Wildman–Crippen MR) is 85.1 cm³/mol. The van der Waals surface area contributed by atoms with Crippen LogP contribution in [0.1, 0.15) is 42.1 Å². The molecular weight excluding hydrogens is 375 g/mol. The first-order chi connectivity index (χ1) is 10.8. The van der Waals surface area contributed by atoms with Gasteiger partial charge < -0.3 is 4.90 Å². The summed E-state index contributed by atoms with van der Waals surface area (Å²) in [6.07, 6.45) is -2.36. The van der Waals surface area contributed by atoms with Crippen LogP contribution in [0, 0.1) is 0 Å². The first kappa shape index (κ1) is 18.0. The lowest BCUT2D eigenvalue weighted by atomic mass is 9.96. The van der Waals surface area contributed by atoms with Crippen LogP contribution < -0.4 is 4.90 Å². The lowest BCUT2D eigenvalue weighted by Gasteiger charge is -2.30. The Labute approximate surface area is 141 Å². The van der Waals surface area contributed by atoms with Crippen LogP contribution in [-0.2, 0) is 11.2 Å². The molecule has 0 aromatic heterocycles. The van der Waals surface area contributed by atoms with Gasteiger partial charge >= 0.3 is 12.1 Å². The highest BCUT2D eigenvalue weighted by Crippen LogP contribution is 2.32. The van der Waals surface area contributed by atoms with Crippen molar-refractivity contribution in [3.05, 3.63) is 29.3 Å². The second kappa shape index (κ2) is 7.03. The maximum atomic E-state index is 12.7. The van der Waals surface area contributed by atoms with Crippen LogP contribution in [0.3, 0.4) is 0 Å². The summed E-state index contributed by atoms with van der Waals surface area (Å²) in [6, 6.07) is 4.54. The predicted octanol–water partition coefficient (Wildman–Crippen LogP) is 4.27. The van der Waals surface area contributed by atoms with Crippen molar-refractivity contribution < 1.29 is 22.8 Å². The summed E-state index contributed by atoms with van der Waals surface area (Å²) in [5.74, 6) is -1.95. The highest BCUT2D eigenvalue weighted by Gasteiger charge is 2.44. The summed E-state index contributed by atoms with van der Waals surface area (Å²) in [4.78, 5) is 24.3. The Kier molecular flexibility index (Phi) is 5.49. The van der Waals surface area contributed by atoms with E-state index in [4.69, 9.17) is 0 Å². The summed E-state index contributed by atoms with van der Waals surface area (Å²) in [5.41, 5.74) is 1.31. The van der Waals surface area contributed by atoms with Gasteiger partial charge in [-0.05, 0) is 43.0 Å². The second-order valence-electron chi connectivity index (χ2n) is 5.52. The summed E-state index contributed by atoms with van der Waals surface area (Å²) < 4.78 is 38.0. The minimum atomic E-state index is -4.90. The number of carbonyl (C=O) groups is 2. The third-order valence-corrected chi connectivity index (χ3v) is 4.67. The number of halogens is 4. The van der Waals surface area contributed by atoms with Gasteiger partial charge in [0.15, 0.2) is 5.78 Å². The summed E-state index contributed by atoms with van der Waals surface area (Å²) in [5, 5.41) is 0. The molecule has 1 aliphatic rings. The van der Waals surface area contributed by atoms with Crippen molar-refractivity contribution in [2.75, 3.05) is 11.4 Å². The quantitative estimate of drug-likeness (QED) is 0.567. The van der Waals surface area contributed by atoms with Crippen LogP contribution in [0.25, 0.3) is 0 Å². The molecule has 1 aromatic carbocycles. The average molecular weight is 392 g/mol. The number of hydrogen-bond donors (Lipinski definition) is 0. The van der Waals surface area contributed by atoms with Crippen molar-refractivity contribution in [1.82, 2.24) is 0 Å². The lowest BCUT2D eigenvalue weighted by Crippen LogP contribution is -2.43. The molecular formula is C16H17BrF3NO2. The van der Waals surface area contributed by atoms with E-state index in [9.17, 15) is 22.8 Å². The smallest absolute Gasteiger partial charge is 0.304 e. The van der Waals surface area contributed by atoms with Gasteiger partial charge in [0.05, 0.1) is 4.83 Å². The van der Waals surface area contributed by atoms with Gasteiger partial charge in [0.25, 0.3) is 0 Å². The maximum Gasteiger partial charge on any atom is 0.471 e. The fourth-order valence-corrected chi connectivity index (χ4v) is 3.40. The molecule has 3 nitrogen and oxygen atoms in total. The summed E-state index contributed by atoms with van der Waals surface area (Å²) in [7, 11) is 0. The number of alkyl halides is 4. The molecule has 23 heavy (non-hydrogen) atoms. The van der Waals surface area contributed by atoms with Gasteiger partial charge in [-0.1, -0.05) is 29.3 Å². The number of hydrogen-bond acceptors (Lipinski definition) is 2. The van der Waals surface area contributed by atoms with Crippen LogP contribution in [0.2, 0.25) is 0 Å². The van der Waals surface area contributed by atoms with Crippen molar-refractivity contribution in [1.29, 1.82) is 0 Å². The van der Waals surface area contributed by atoms with Gasteiger partial charge in [-0.15, -0.1) is 0 Å². The molecule has 0 saturated heterocycles. The molecule has 0 fully saturated rings. The van der Waals surface area contributed by atoms with Gasteiger partial charge in [-0.25, -0.2) is 0 Å². The zero-order chi connectivity index (χ0) is 17.2. The number of ketones is 1. The van der Waals surface area contributed by atoms with E-state index < -0.39 is 12.1 Å². The molecule has 126 valence electrons. The van der Waals surface area contributed by atoms with Crippen LogP contribution in [-0.4, -0.2) is 29.2 Å². The molecule has 2 rings (SSSR count). The normalized spacial score (nSPS) is 16.0. The molecule has 0 N–H and O–H groups in total. The van der Waals surface area contributed by atoms with Gasteiger partial charge in [0, 0.05) is 17.8 Å². The largest absolute Gasteiger partial charge is 0.471 e. The number of nitrogens with zero attached hydrogens (tertiary/aromatic N) is 1. The number of rotatable bonds is 4. The van der Waals surface area contributed by atoms with E-state index in [1.54, 1.807) is 6.07 Å². The molecule has 0 saturated carbocycles. The maximum absolute atomic E-state index is 12.7. The van der Waals surface area contributed by atoms with E-state index in [-0.39, 0.29) is 22.8 Å². The summed E-state index contributed by atoms with van der Waals surface area (Å²) in [6.45, 7) is 2.00. The highest BCUT2D eigenvalue weighted by molar-refractivity contribution is 9.10. The van der Waals surface area contributed by atoms with E-state index in [0.717, 1.165) is 11.3 Å². The lowest BCUT2D eigenvalue weighted by molar-refractivity contribution is -0.170. The van der Waals surface area contributed by atoms with Crippen LogP contribution in [0.4, 0.5) is 18.9 Å². The Morgan fingerprint density at radius 3 is 2.65 bits per heavy atom. The van der Waals surface area contributed by atoms with E-state index in [1.807, 2.05) is 6.92 Å². The molecule has 0 bridgehead atoms. The highest BCUT2D eigenvalue weighted by atomic mass is 79.9. The Morgan fingerprint density at radius 2 is 2.04 bits per heavy atom. The Morgan fingerprint density at radius 1 is 1.35 bits per heavy atom. The Bertz CT molecular complexity index is 616. The fraction of sp³-hybridized carbons (Fsp3) is 0.500. The van der Waals surface area contributed by atoms with Crippen LogP contribution in [0.15, 0.2) is 18.2 Å². The SMILES string of the molecule is CCCC(Br)C(=O)c1ccc2c(c1)CCCN2C(=O)C(F)(F)F. The molecule has 0 aliphatic carbocycles. The third-order valence-electron chi connectivity index (χ3n) is 3.80. The first-order valence-electron chi connectivity index (χ1n) is 7.45. The molecule has 1 aromatic rings. The van der Waals surface area contributed by atoms with Gasteiger partial charge in [0.1, 0.15) is 0 Å². The zero-order valence-electron chi connectivity index (χ0n) is 12.6. The minimum Gasteiger partial charge on any atom is -0.304 e. The standard InChI is InChI=1S/C16H17BrF3NO2/c1-2-4-12(17)14(22)11-6-7-13-10(9-11)5-3-8-21(13)15(23)16(18,19)20/h6-7,9,12H,2-5,8H2,1H3. The van der Waals surface area contributed by atoms with E-state index in [2.05, 4.69) is 15.9 Å². The number of Topliss-reactive ketones (excluding diaryl/α,β-unsaturated/α-hetero) is 1. The second-order valence-corrected chi connectivity index (χ2v) is 6.63. The minimum absolute atomic E-state index is 0.0372. The number of anilines is 1. The Hall–Kier alpha value is -1.37. The average Bonchev–Trinajstić information content (AvgIpc) is 2.51. The zero-order valence-corrected chi connectivity index (χ0v) is 14.2. The molecule has 7 heteroatoms. The number of amides is 1. The van der Waals surface area contributed by atoms with Gasteiger partial charge in [-0.3, -0.25) is 9.59 Å². The molecule has 0 spiro atoms. The van der Waals surface area contributed by atoms with Crippen LogP contribution >= 0.6 is 15.9 Å². The number of fused-ring (bicyclic) bond motifs is 1. The topological polar surface area (TPSA) is 37.4 Å². The number of carbonyl (C=O) groups excluding carboxylic acids is 2. The third kappa shape index (κ3) is 3.94. The molecule has 1 aliphatic heterocycles.